The minimum atomic E-state index is 0.822. The summed E-state index contributed by atoms with van der Waals surface area (Å²) in [7, 11) is 0. The van der Waals surface area contributed by atoms with E-state index in [1.165, 1.54) is 49.8 Å². The molecule has 0 spiro atoms. The largest absolute Gasteiger partial charge is 0.385 e. The summed E-state index contributed by atoms with van der Waals surface area (Å²) in [5, 5.41) is 4.40. The number of rotatable bonds is 3. The Balaban J connectivity index is 1.88. The van der Waals surface area contributed by atoms with Gasteiger partial charge in [0, 0.05) is 17.3 Å². The normalized spacial score (nSPS) is 17.8. The molecule has 1 aliphatic rings. The van der Waals surface area contributed by atoms with Gasteiger partial charge in [-0.05, 0) is 49.4 Å². The molecule has 0 atom stereocenters. The molecule has 1 aliphatic carbocycles. The SMILES string of the molecule is Cc1cc(Cl)ccc1NCC1CCCCCC1. The summed E-state index contributed by atoms with van der Waals surface area (Å²) >= 11 is 5.96. The Morgan fingerprint density at radius 2 is 1.88 bits per heavy atom. The van der Waals surface area contributed by atoms with Gasteiger partial charge in [0.2, 0.25) is 0 Å². The maximum Gasteiger partial charge on any atom is 0.0410 e. The fraction of sp³-hybridized carbons (Fsp3) is 0.600. The molecule has 1 saturated carbocycles. The lowest BCUT2D eigenvalue weighted by molar-refractivity contribution is 0.483. The highest BCUT2D eigenvalue weighted by molar-refractivity contribution is 6.30. The molecule has 0 amide bonds. The number of benzene rings is 1. The van der Waals surface area contributed by atoms with Crippen molar-refractivity contribution < 1.29 is 0 Å². The lowest BCUT2D eigenvalue weighted by Gasteiger charge is -2.17. The van der Waals surface area contributed by atoms with Crippen LogP contribution in [0, 0.1) is 12.8 Å². The van der Waals surface area contributed by atoms with Crippen molar-refractivity contribution in [2.45, 2.75) is 45.4 Å². The van der Waals surface area contributed by atoms with Crippen molar-refractivity contribution in [1.82, 2.24) is 0 Å². The average molecular weight is 252 g/mol. The zero-order chi connectivity index (χ0) is 12.1. The molecule has 0 aliphatic heterocycles. The smallest absolute Gasteiger partial charge is 0.0410 e. The highest BCUT2D eigenvalue weighted by Crippen LogP contribution is 2.25. The number of anilines is 1. The summed E-state index contributed by atoms with van der Waals surface area (Å²) in [5.41, 5.74) is 2.48. The summed E-state index contributed by atoms with van der Waals surface area (Å²) in [6, 6.07) is 6.08. The zero-order valence-electron chi connectivity index (χ0n) is 10.6. The van der Waals surface area contributed by atoms with E-state index in [4.69, 9.17) is 11.6 Å². The quantitative estimate of drug-likeness (QED) is 0.743. The first-order chi connectivity index (χ1) is 8.25. The molecular weight excluding hydrogens is 230 g/mol. The van der Waals surface area contributed by atoms with Gasteiger partial charge in [-0.1, -0.05) is 37.3 Å². The van der Waals surface area contributed by atoms with E-state index >= 15 is 0 Å². The molecule has 0 heterocycles. The van der Waals surface area contributed by atoms with Crippen molar-refractivity contribution in [3.63, 3.8) is 0 Å². The molecule has 0 radical (unpaired) electrons. The van der Waals surface area contributed by atoms with E-state index in [9.17, 15) is 0 Å². The van der Waals surface area contributed by atoms with Crippen molar-refractivity contribution in [2.75, 3.05) is 11.9 Å². The van der Waals surface area contributed by atoms with Gasteiger partial charge in [0.1, 0.15) is 0 Å². The predicted octanol–water partition coefficient (Wildman–Crippen LogP) is 5.03. The van der Waals surface area contributed by atoms with Gasteiger partial charge in [-0.15, -0.1) is 0 Å². The molecule has 0 saturated heterocycles. The van der Waals surface area contributed by atoms with Gasteiger partial charge in [0.25, 0.3) is 0 Å². The van der Waals surface area contributed by atoms with Crippen LogP contribution in [0.5, 0.6) is 0 Å². The summed E-state index contributed by atoms with van der Waals surface area (Å²) in [6.07, 6.45) is 8.45. The van der Waals surface area contributed by atoms with Crippen LogP contribution in [0.3, 0.4) is 0 Å². The Bertz CT molecular complexity index is 354. The molecule has 17 heavy (non-hydrogen) atoms. The molecule has 1 aromatic carbocycles. The Morgan fingerprint density at radius 1 is 1.18 bits per heavy atom. The van der Waals surface area contributed by atoms with Crippen molar-refractivity contribution in [2.24, 2.45) is 5.92 Å². The van der Waals surface area contributed by atoms with E-state index in [1.54, 1.807) is 0 Å². The summed E-state index contributed by atoms with van der Waals surface area (Å²) in [5.74, 6) is 0.854. The fourth-order valence-corrected chi connectivity index (χ4v) is 2.87. The number of halogens is 1. The number of hydrogen-bond acceptors (Lipinski definition) is 1. The van der Waals surface area contributed by atoms with Crippen LogP contribution in [0.25, 0.3) is 0 Å². The van der Waals surface area contributed by atoms with Crippen LogP contribution in [0.4, 0.5) is 5.69 Å². The third-order valence-corrected chi connectivity index (χ3v) is 3.98. The Kier molecular flexibility index (Phi) is 4.73. The molecule has 0 bridgehead atoms. The Labute approximate surface area is 110 Å². The standard InChI is InChI=1S/C15H22ClN/c1-12-10-14(16)8-9-15(12)17-11-13-6-4-2-3-5-7-13/h8-10,13,17H,2-7,11H2,1H3. The van der Waals surface area contributed by atoms with Crippen LogP contribution in [0.1, 0.15) is 44.1 Å². The van der Waals surface area contributed by atoms with Crippen LogP contribution in [-0.2, 0) is 0 Å². The van der Waals surface area contributed by atoms with Crippen LogP contribution < -0.4 is 5.32 Å². The van der Waals surface area contributed by atoms with E-state index in [2.05, 4.69) is 18.3 Å². The minimum Gasteiger partial charge on any atom is -0.385 e. The van der Waals surface area contributed by atoms with E-state index in [-0.39, 0.29) is 0 Å². The predicted molar refractivity (Wildman–Crippen MR) is 75.9 cm³/mol. The average Bonchev–Trinajstić information content (AvgIpc) is 2.56. The zero-order valence-corrected chi connectivity index (χ0v) is 11.4. The van der Waals surface area contributed by atoms with Crippen molar-refractivity contribution in [3.8, 4) is 0 Å². The first-order valence-corrected chi connectivity index (χ1v) is 7.13. The lowest BCUT2D eigenvalue weighted by atomic mass is 10.0. The molecular formula is C15H22ClN. The molecule has 94 valence electrons. The molecule has 1 nitrogen and oxygen atoms in total. The third kappa shape index (κ3) is 3.92. The van der Waals surface area contributed by atoms with Crippen LogP contribution >= 0.6 is 11.6 Å². The number of aryl methyl sites for hydroxylation is 1. The van der Waals surface area contributed by atoms with Crippen molar-refractivity contribution >= 4 is 17.3 Å². The van der Waals surface area contributed by atoms with E-state index in [0.29, 0.717) is 0 Å². The molecule has 1 fully saturated rings. The van der Waals surface area contributed by atoms with Gasteiger partial charge in [-0.2, -0.15) is 0 Å². The third-order valence-electron chi connectivity index (χ3n) is 3.74. The first kappa shape index (κ1) is 12.8. The van der Waals surface area contributed by atoms with Gasteiger partial charge in [-0.3, -0.25) is 0 Å². The molecule has 2 rings (SSSR count). The summed E-state index contributed by atoms with van der Waals surface area (Å²) in [6.45, 7) is 3.23. The number of nitrogens with one attached hydrogen (secondary N) is 1. The second-order valence-corrected chi connectivity index (χ2v) is 5.63. The topological polar surface area (TPSA) is 12.0 Å². The van der Waals surface area contributed by atoms with Crippen LogP contribution in [0.2, 0.25) is 5.02 Å². The second-order valence-electron chi connectivity index (χ2n) is 5.20. The van der Waals surface area contributed by atoms with Gasteiger partial charge < -0.3 is 5.32 Å². The second kappa shape index (κ2) is 6.30. The van der Waals surface area contributed by atoms with Gasteiger partial charge >= 0.3 is 0 Å². The van der Waals surface area contributed by atoms with E-state index < -0.39 is 0 Å². The van der Waals surface area contributed by atoms with E-state index in [1.807, 2.05) is 12.1 Å². The monoisotopic (exact) mass is 251 g/mol. The highest BCUT2D eigenvalue weighted by atomic mass is 35.5. The fourth-order valence-electron chi connectivity index (χ4n) is 2.65. The van der Waals surface area contributed by atoms with E-state index in [0.717, 1.165) is 17.5 Å². The van der Waals surface area contributed by atoms with Gasteiger partial charge in [-0.25, -0.2) is 0 Å². The molecule has 1 aromatic rings. The van der Waals surface area contributed by atoms with Crippen molar-refractivity contribution in [3.05, 3.63) is 28.8 Å². The minimum absolute atomic E-state index is 0.822. The Hall–Kier alpha value is -0.690. The molecule has 0 aromatic heterocycles. The molecule has 0 unspecified atom stereocenters. The lowest BCUT2D eigenvalue weighted by Crippen LogP contribution is -2.14. The first-order valence-electron chi connectivity index (χ1n) is 6.76. The molecule has 1 N–H and O–H groups in total. The van der Waals surface area contributed by atoms with Crippen LogP contribution in [0.15, 0.2) is 18.2 Å². The van der Waals surface area contributed by atoms with Crippen LogP contribution in [-0.4, -0.2) is 6.54 Å². The maximum atomic E-state index is 5.96. The summed E-state index contributed by atoms with van der Waals surface area (Å²) < 4.78 is 0. The highest BCUT2D eigenvalue weighted by Gasteiger charge is 2.12. The van der Waals surface area contributed by atoms with Gasteiger partial charge in [0.05, 0.1) is 0 Å². The maximum absolute atomic E-state index is 5.96. The summed E-state index contributed by atoms with van der Waals surface area (Å²) in [4.78, 5) is 0. The molecule has 2 heteroatoms. The van der Waals surface area contributed by atoms with Crippen molar-refractivity contribution in [1.29, 1.82) is 0 Å². The van der Waals surface area contributed by atoms with Gasteiger partial charge in [0.15, 0.2) is 0 Å². The Morgan fingerprint density at radius 3 is 2.53 bits per heavy atom. The number of hydrogen-bond donors (Lipinski definition) is 1.